The molecule has 2 N–H and O–H groups in total. The summed E-state index contributed by atoms with van der Waals surface area (Å²) in [7, 11) is 0. The number of pyridine rings is 1. The van der Waals surface area contributed by atoms with Crippen molar-refractivity contribution in [2.45, 2.75) is 66.2 Å². The lowest BCUT2D eigenvalue weighted by atomic mass is 10.2. The van der Waals surface area contributed by atoms with E-state index >= 15 is 0 Å². The van der Waals surface area contributed by atoms with E-state index in [9.17, 15) is 4.79 Å². The average Bonchev–Trinajstić information content (AvgIpc) is 2.58. The van der Waals surface area contributed by atoms with Crippen LogP contribution in [0.25, 0.3) is 0 Å². The van der Waals surface area contributed by atoms with Crippen molar-refractivity contribution in [3.05, 3.63) is 30.1 Å². The van der Waals surface area contributed by atoms with Crippen molar-refractivity contribution in [1.82, 2.24) is 20.5 Å². The Morgan fingerprint density at radius 2 is 2.04 bits per heavy atom. The summed E-state index contributed by atoms with van der Waals surface area (Å²) in [5, 5.41) is 6.53. The molecule has 0 bridgehead atoms. The number of amides is 1. The maximum Gasteiger partial charge on any atom is 0.410 e. The van der Waals surface area contributed by atoms with Crippen molar-refractivity contribution in [1.29, 1.82) is 0 Å². The Bertz CT molecular complexity index is 582. The first-order valence-corrected chi connectivity index (χ1v) is 9.64. The molecule has 0 aliphatic heterocycles. The van der Waals surface area contributed by atoms with Crippen molar-refractivity contribution in [3.8, 4) is 0 Å². The molecule has 0 aliphatic rings. The van der Waals surface area contributed by atoms with Crippen LogP contribution in [0.4, 0.5) is 4.79 Å². The molecule has 0 atom stereocenters. The van der Waals surface area contributed by atoms with Crippen molar-refractivity contribution in [3.63, 3.8) is 0 Å². The first kappa shape index (κ1) is 22.7. The third kappa shape index (κ3) is 9.82. The number of rotatable bonds is 8. The highest BCUT2D eigenvalue weighted by molar-refractivity contribution is 5.79. The lowest BCUT2D eigenvalue weighted by molar-refractivity contribution is 0.0190. The summed E-state index contributed by atoms with van der Waals surface area (Å²) in [6, 6.07) is 5.89. The Hall–Kier alpha value is -2.31. The van der Waals surface area contributed by atoms with E-state index in [0.29, 0.717) is 19.6 Å². The Morgan fingerprint density at radius 3 is 2.59 bits per heavy atom. The van der Waals surface area contributed by atoms with E-state index in [4.69, 9.17) is 4.74 Å². The molecule has 7 nitrogen and oxygen atoms in total. The average molecular weight is 378 g/mol. The molecule has 27 heavy (non-hydrogen) atoms. The predicted molar refractivity (Wildman–Crippen MR) is 110 cm³/mol. The first-order chi connectivity index (χ1) is 12.7. The normalized spacial score (nSPS) is 12.0. The summed E-state index contributed by atoms with van der Waals surface area (Å²) < 4.78 is 5.49. The fourth-order valence-corrected chi connectivity index (χ4v) is 2.33. The van der Waals surface area contributed by atoms with Crippen LogP contribution in [-0.4, -0.2) is 53.2 Å². The highest BCUT2D eigenvalue weighted by Crippen LogP contribution is 2.12. The number of carbonyl (C=O) groups excluding carboxylic acids is 1. The standard InChI is InChI=1S/C20H35N5O2/c1-7-21-18(24-15-17-11-8-9-12-22-17)23-13-10-14-25(16(2)3)19(26)27-20(4,5)6/h8-9,11-12,16H,7,10,13-15H2,1-6H3,(H2,21,23,24). The van der Waals surface area contributed by atoms with Crippen LogP contribution in [0, 0.1) is 0 Å². The van der Waals surface area contributed by atoms with Crippen LogP contribution in [-0.2, 0) is 11.3 Å². The quantitative estimate of drug-likeness (QED) is 0.413. The Balaban J connectivity index is 2.50. The van der Waals surface area contributed by atoms with Crippen LogP contribution in [0.3, 0.4) is 0 Å². The third-order valence-corrected chi connectivity index (χ3v) is 3.59. The Kier molecular flexibility index (Phi) is 9.61. The van der Waals surface area contributed by atoms with Gasteiger partial charge in [0.25, 0.3) is 0 Å². The van der Waals surface area contributed by atoms with Gasteiger partial charge in [-0.05, 0) is 60.1 Å². The molecular weight excluding hydrogens is 342 g/mol. The molecule has 0 spiro atoms. The van der Waals surface area contributed by atoms with Gasteiger partial charge in [-0.25, -0.2) is 9.79 Å². The Morgan fingerprint density at radius 1 is 1.30 bits per heavy atom. The highest BCUT2D eigenvalue weighted by Gasteiger charge is 2.23. The molecule has 0 aliphatic carbocycles. The second kappa shape index (κ2) is 11.4. The van der Waals surface area contributed by atoms with Gasteiger partial charge in [0.05, 0.1) is 12.2 Å². The lowest BCUT2D eigenvalue weighted by Crippen LogP contribution is -2.43. The van der Waals surface area contributed by atoms with Crippen molar-refractivity contribution in [2.24, 2.45) is 4.99 Å². The number of aliphatic imine (C=N–C) groups is 1. The molecule has 0 saturated carbocycles. The summed E-state index contributed by atoms with van der Waals surface area (Å²) in [6.07, 6.45) is 2.29. The van der Waals surface area contributed by atoms with E-state index in [-0.39, 0.29) is 12.1 Å². The first-order valence-electron chi connectivity index (χ1n) is 9.64. The van der Waals surface area contributed by atoms with Gasteiger partial charge in [-0.3, -0.25) is 4.98 Å². The molecular formula is C20H35N5O2. The topological polar surface area (TPSA) is 78.9 Å². The molecule has 152 valence electrons. The molecule has 1 aromatic heterocycles. The number of carbonyl (C=O) groups is 1. The Labute approximate surface area is 163 Å². The second-order valence-corrected chi connectivity index (χ2v) is 7.56. The smallest absolute Gasteiger partial charge is 0.410 e. The predicted octanol–water partition coefficient (Wildman–Crippen LogP) is 3.17. The van der Waals surface area contributed by atoms with E-state index in [2.05, 4.69) is 20.6 Å². The molecule has 1 rings (SSSR count). The zero-order valence-corrected chi connectivity index (χ0v) is 17.6. The highest BCUT2D eigenvalue weighted by atomic mass is 16.6. The van der Waals surface area contributed by atoms with Gasteiger partial charge < -0.3 is 20.3 Å². The van der Waals surface area contributed by atoms with Crippen LogP contribution in [0.15, 0.2) is 29.4 Å². The van der Waals surface area contributed by atoms with E-state index < -0.39 is 5.60 Å². The van der Waals surface area contributed by atoms with Crippen LogP contribution in [0.1, 0.15) is 53.7 Å². The zero-order chi connectivity index (χ0) is 20.3. The summed E-state index contributed by atoms with van der Waals surface area (Å²) in [5.74, 6) is 0.747. The van der Waals surface area contributed by atoms with Crippen LogP contribution in [0.5, 0.6) is 0 Å². The number of hydrogen-bond acceptors (Lipinski definition) is 4. The molecule has 7 heteroatoms. The monoisotopic (exact) mass is 377 g/mol. The number of hydrogen-bond donors (Lipinski definition) is 2. The number of nitrogens with one attached hydrogen (secondary N) is 2. The SMILES string of the molecule is CCNC(=NCc1ccccn1)NCCCN(C(=O)OC(C)(C)C)C(C)C. The summed E-state index contributed by atoms with van der Waals surface area (Å²) in [4.78, 5) is 22.9. The van der Waals surface area contributed by atoms with Crippen molar-refractivity contribution < 1.29 is 9.53 Å². The van der Waals surface area contributed by atoms with Gasteiger partial charge in [-0.2, -0.15) is 0 Å². The minimum absolute atomic E-state index is 0.0888. The minimum Gasteiger partial charge on any atom is -0.444 e. The molecule has 1 aromatic rings. The lowest BCUT2D eigenvalue weighted by Gasteiger charge is -2.30. The van der Waals surface area contributed by atoms with Gasteiger partial charge in [-0.15, -0.1) is 0 Å². The fourth-order valence-electron chi connectivity index (χ4n) is 2.33. The van der Waals surface area contributed by atoms with Gasteiger partial charge in [-0.1, -0.05) is 6.07 Å². The maximum atomic E-state index is 12.3. The van der Waals surface area contributed by atoms with Gasteiger partial charge in [0.2, 0.25) is 0 Å². The van der Waals surface area contributed by atoms with E-state index in [1.54, 1.807) is 11.1 Å². The van der Waals surface area contributed by atoms with Gasteiger partial charge >= 0.3 is 6.09 Å². The van der Waals surface area contributed by atoms with Gasteiger partial charge in [0.15, 0.2) is 5.96 Å². The molecule has 0 radical (unpaired) electrons. The molecule has 0 unspecified atom stereocenters. The molecule has 1 heterocycles. The van der Waals surface area contributed by atoms with Crippen LogP contribution >= 0.6 is 0 Å². The minimum atomic E-state index is -0.487. The van der Waals surface area contributed by atoms with Crippen LogP contribution < -0.4 is 10.6 Å². The zero-order valence-electron chi connectivity index (χ0n) is 17.6. The van der Waals surface area contributed by atoms with Gasteiger partial charge in [0, 0.05) is 31.9 Å². The third-order valence-electron chi connectivity index (χ3n) is 3.59. The number of ether oxygens (including phenoxy) is 1. The van der Waals surface area contributed by atoms with Gasteiger partial charge in [0.1, 0.15) is 5.60 Å². The van der Waals surface area contributed by atoms with E-state index in [0.717, 1.165) is 24.6 Å². The van der Waals surface area contributed by atoms with E-state index in [1.165, 1.54) is 0 Å². The molecule has 0 saturated heterocycles. The summed E-state index contributed by atoms with van der Waals surface area (Å²) in [6.45, 7) is 14.3. The largest absolute Gasteiger partial charge is 0.444 e. The fraction of sp³-hybridized carbons (Fsp3) is 0.650. The van der Waals surface area contributed by atoms with Crippen LogP contribution in [0.2, 0.25) is 0 Å². The molecule has 1 amide bonds. The molecule has 0 fully saturated rings. The second-order valence-electron chi connectivity index (χ2n) is 7.56. The number of nitrogens with zero attached hydrogens (tertiary/aromatic N) is 3. The van der Waals surface area contributed by atoms with Crippen molar-refractivity contribution >= 4 is 12.1 Å². The summed E-state index contributed by atoms with van der Waals surface area (Å²) in [5.41, 5.74) is 0.435. The van der Waals surface area contributed by atoms with Crippen molar-refractivity contribution in [2.75, 3.05) is 19.6 Å². The summed E-state index contributed by atoms with van der Waals surface area (Å²) >= 11 is 0. The molecule has 0 aromatic carbocycles. The number of guanidine groups is 1. The maximum absolute atomic E-state index is 12.3. The number of aromatic nitrogens is 1. The van der Waals surface area contributed by atoms with E-state index in [1.807, 2.05) is 59.7 Å².